The Bertz CT molecular complexity index is 2780. The largest absolute Gasteiger partial charge is 0.494 e. The van der Waals surface area contributed by atoms with Crippen LogP contribution in [0.5, 0.6) is 11.5 Å². The van der Waals surface area contributed by atoms with Gasteiger partial charge in [0.25, 0.3) is 0 Å². The molecule has 1 fully saturated rings. The van der Waals surface area contributed by atoms with Crippen LogP contribution in [0.2, 0.25) is 0 Å². The standard InChI is InChI=1S/C59H61N5O6S/c1-4-45(3)67-36-12-34-60-52-28-23-47(24-29-52)18-17-46-19-21-49(22-20-46)43-70-55-32-27-50(44-66-39-33-48-25-30-54(31-26-48)68-37-13-38-69-58(65)5-2)51(40-55)41-62-64(35-11-7-6-8-14-53-42-61-53)59-63-56-15-9-10-16-57(56)71-59/h2,4,6-7,9-10,15-16,19-32,40-41,53,60-61H,1,3,8,11-14,33-39,42-44H2/b7-6+,62-41+. The molecule has 1 aliphatic rings. The number of nitrogens with zero attached hydrogens (tertiary/aromatic N) is 3. The molecule has 0 spiro atoms. The lowest BCUT2D eigenvalue weighted by Crippen LogP contribution is -2.17. The van der Waals surface area contributed by atoms with Gasteiger partial charge in [-0.25, -0.2) is 14.8 Å². The first-order valence-corrected chi connectivity index (χ1v) is 24.9. The minimum atomic E-state index is -0.666. The van der Waals surface area contributed by atoms with E-state index in [2.05, 4.69) is 59.9 Å². The van der Waals surface area contributed by atoms with Crippen molar-refractivity contribution in [3.05, 3.63) is 186 Å². The molecule has 0 saturated carbocycles. The molecular formula is C59H61N5O6S. The van der Waals surface area contributed by atoms with Gasteiger partial charge < -0.3 is 34.3 Å². The van der Waals surface area contributed by atoms with E-state index in [-0.39, 0.29) is 6.61 Å². The van der Waals surface area contributed by atoms with E-state index < -0.39 is 5.97 Å². The lowest BCUT2D eigenvalue weighted by Gasteiger charge is -2.16. The Hall–Kier alpha value is -7.61. The zero-order valence-corrected chi connectivity index (χ0v) is 41.0. The van der Waals surface area contributed by atoms with Gasteiger partial charge in [-0.15, -0.1) is 6.42 Å². The first-order valence-electron chi connectivity index (χ1n) is 24.0. The lowest BCUT2D eigenvalue weighted by atomic mass is 10.1. The van der Waals surface area contributed by atoms with Crippen molar-refractivity contribution in [2.24, 2.45) is 5.10 Å². The van der Waals surface area contributed by atoms with Gasteiger partial charge in [-0.1, -0.05) is 91.0 Å². The molecule has 364 valence electrons. The number of allylic oxidation sites excluding steroid dienone is 2. The van der Waals surface area contributed by atoms with E-state index in [0.29, 0.717) is 57.8 Å². The van der Waals surface area contributed by atoms with E-state index in [1.807, 2.05) is 120 Å². The van der Waals surface area contributed by atoms with Gasteiger partial charge in [0, 0.05) is 60.4 Å². The molecule has 1 unspecified atom stereocenters. The third kappa shape index (κ3) is 18.0. The zero-order chi connectivity index (χ0) is 49.3. The average molecular weight is 968 g/mol. The van der Waals surface area contributed by atoms with Crippen LogP contribution in [-0.4, -0.2) is 69.3 Å². The van der Waals surface area contributed by atoms with Crippen LogP contribution in [0.15, 0.2) is 158 Å². The zero-order valence-electron chi connectivity index (χ0n) is 40.2. The maximum absolute atomic E-state index is 11.1. The molecule has 0 aliphatic carbocycles. The molecule has 0 radical (unpaired) electrons. The van der Waals surface area contributed by atoms with Crippen molar-refractivity contribution in [1.29, 1.82) is 0 Å². The monoisotopic (exact) mass is 967 g/mol. The molecule has 12 heteroatoms. The number of para-hydroxylation sites is 1. The summed E-state index contributed by atoms with van der Waals surface area (Å²) >= 11 is 1.64. The second kappa shape index (κ2) is 28.2. The van der Waals surface area contributed by atoms with Crippen LogP contribution in [0.4, 0.5) is 10.8 Å². The Labute approximate surface area is 422 Å². The minimum Gasteiger partial charge on any atom is -0.494 e. The molecule has 1 saturated heterocycles. The van der Waals surface area contributed by atoms with E-state index in [1.165, 1.54) is 6.42 Å². The number of thiazole rings is 1. The smallest absolute Gasteiger partial charge is 0.384 e. The summed E-state index contributed by atoms with van der Waals surface area (Å²) in [5, 5.41) is 14.7. The van der Waals surface area contributed by atoms with Crippen LogP contribution in [0.3, 0.4) is 0 Å². The molecule has 5 aromatic carbocycles. The van der Waals surface area contributed by atoms with Gasteiger partial charge in [-0.2, -0.15) is 5.10 Å². The maximum atomic E-state index is 11.1. The second-order valence-corrected chi connectivity index (χ2v) is 17.7. The number of hydrogen-bond acceptors (Lipinski definition) is 12. The highest BCUT2D eigenvalue weighted by molar-refractivity contribution is 7.22. The van der Waals surface area contributed by atoms with Gasteiger partial charge in [0.15, 0.2) is 0 Å². The van der Waals surface area contributed by atoms with Gasteiger partial charge in [-0.3, -0.25) is 0 Å². The molecule has 1 atom stereocenters. The van der Waals surface area contributed by atoms with Gasteiger partial charge in [0.2, 0.25) is 5.13 Å². The van der Waals surface area contributed by atoms with Crippen LogP contribution >= 0.6 is 11.3 Å². The van der Waals surface area contributed by atoms with Gasteiger partial charge in [0.05, 0.1) is 49.5 Å². The van der Waals surface area contributed by atoms with E-state index in [4.69, 9.17) is 40.2 Å². The fourth-order valence-corrected chi connectivity index (χ4v) is 8.00. The maximum Gasteiger partial charge on any atom is 0.384 e. The molecule has 7 rings (SSSR count). The first-order chi connectivity index (χ1) is 34.9. The minimum absolute atomic E-state index is 0.217. The normalized spacial score (nSPS) is 12.7. The van der Waals surface area contributed by atoms with Gasteiger partial charge in [0.1, 0.15) is 23.9 Å². The predicted molar refractivity (Wildman–Crippen MR) is 287 cm³/mol. The molecular weight excluding hydrogens is 907 g/mol. The highest BCUT2D eigenvalue weighted by Gasteiger charge is 2.18. The van der Waals surface area contributed by atoms with Crippen molar-refractivity contribution < 1.29 is 28.5 Å². The topological polar surface area (TPSA) is 126 Å². The Kier molecular flexibility index (Phi) is 20.3. The van der Waals surface area contributed by atoms with Crippen molar-refractivity contribution in [3.8, 4) is 35.7 Å². The first kappa shape index (κ1) is 51.2. The number of esters is 1. The summed E-state index contributed by atoms with van der Waals surface area (Å²) in [6, 6.07) is 39.1. The summed E-state index contributed by atoms with van der Waals surface area (Å²) in [5.74, 6) is 9.88. The number of terminal acetylenes is 1. The Balaban J connectivity index is 0.974. The summed E-state index contributed by atoms with van der Waals surface area (Å²) in [6.45, 7) is 12.5. The summed E-state index contributed by atoms with van der Waals surface area (Å²) in [6.07, 6.45) is 18.3. The van der Waals surface area contributed by atoms with E-state index in [9.17, 15) is 4.79 Å². The van der Waals surface area contributed by atoms with Crippen molar-refractivity contribution in [2.45, 2.75) is 57.8 Å². The third-order valence-electron chi connectivity index (χ3n) is 11.2. The summed E-state index contributed by atoms with van der Waals surface area (Å²) in [7, 11) is 0. The number of carbonyl (C=O) groups is 1. The average Bonchev–Trinajstić information content (AvgIpc) is 4.14. The van der Waals surface area contributed by atoms with Gasteiger partial charge in [-0.05, 0) is 128 Å². The SMILES string of the molecule is C#CC(=O)OCCCOc1ccc(CCOCc2ccc(OCc3ccc(C#Cc4ccc(NCCCOC(=C)C=C)cc4)cc3)cc2/C=N/N(CC/C=C/CCC2CN2)c2nc3ccccc3s2)cc1. The summed E-state index contributed by atoms with van der Waals surface area (Å²) in [5.41, 5.74) is 7.88. The molecule has 11 nitrogen and oxygen atoms in total. The van der Waals surface area contributed by atoms with E-state index in [0.717, 1.165) is 105 Å². The number of hydrogen-bond donors (Lipinski definition) is 2. The van der Waals surface area contributed by atoms with Crippen LogP contribution in [0.1, 0.15) is 65.5 Å². The molecule has 1 aromatic heterocycles. The summed E-state index contributed by atoms with van der Waals surface area (Å²) in [4.78, 5) is 16.1. The molecule has 2 N–H and O–H groups in total. The van der Waals surface area contributed by atoms with Crippen LogP contribution in [0, 0.1) is 24.2 Å². The van der Waals surface area contributed by atoms with E-state index in [1.54, 1.807) is 17.4 Å². The summed E-state index contributed by atoms with van der Waals surface area (Å²) < 4.78 is 29.9. The quantitative estimate of drug-likeness (QED) is 0.00448. The Morgan fingerprint density at radius 3 is 2.34 bits per heavy atom. The molecule has 1 aliphatic heterocycles. The number of nitrogens with one attached hydrogen (secondary N) is 2. The van der Waals surface area contributed by atoms with Crippen molar-refractivity contribution in [2.75, 3.05) is 56.4 Å². The fourth-order valence-electron chi connectivity index (χ4n) is 7.05. The molecule has 0 bridgehead atoms. The van der Waals surface area contributed by atoms with Gasteiger partial charge >= 0.3 is 5.97 Å². The van der Waals surface area contributed by atoms with E-state index >= 15 is 0 Å². The number of carbonyl (C=O) groups excluding carboxylic acids is 1. The Morgan fingerprint density at radius 2 is 1.58 bits per heavy atom. The molecule has 71 heavy (non-hydrogen) atoms. The van der Waals surface area contributed by atoms with Crippen LogP contribution in [0.25, 0.3) is 10.2 Å². The number of anilines is 2. The number of ether oxygens (including phenoxy) is 5. The molecule has 2 heterocycles. The van der Waals surface area contributed by atoms with Crippen LogP contribution in [-0.2, 0) is 38.6 Å². The predicted octanol–water partition coefficient (Wildman–Crippen LogP) is 11.0. The highest BCUT2D eigenvalue weighted by atomic mass is 32.1. The fraction of sp³-hybridized carbons (Fsp3) is 0.271. The number of rotatable bonds is 29. The number of fused-ring (bicyclic) bond motifs is 1. The molecule has 0 amide bonds. The van der Waals surface area contributed by atoms with Crippen molar-refractivity contribution in [3.63, 3.8) is 0 Å². The Morgan fingerprint density at radius 1 is 0.845 bits per heavy atom. The number of hydrazone groups is 1. The van der Waals surface area contributed by atoms with Crippen molar-refractivity contribution >= 4 is 44.6 Å². The highest BCUT2D eigenvalue weighted by Crippen LogP contribution is 2.29. The second-order valence-electron chi connectivity index (χ2n) is 16.7. The molecule has 6 aromatic rings. The lowest BCUT2D eigenvalue weighted by molar-refractivity contribution is -0.136. The number of benzene rings is 5. The third-order valence-corrected chi connectivity index (χ3v) is 12.2. The van der Waals surface area contributed by atoms with Crippen LogP contribution < -0.4 is 25.1 Å². The van der Waals surface area contributed by atoms with Crippen molar-refractivity contribution in [1.82, 2.24) is 10.3 Å². The number of aromatic nitrogens is 1.